The third kappa shape index (κ3) is 4.55. The minimum absolute atomic E-state index is 0.0899. The summed E-state index contributed by atoms with van der Waals surface area (Å²) in [6.45, 7) is 0.850. The third-order valence-electron chi connectivity index (χ3n) is 6.53. The van der Waals surface area contributed by atoms with Gasteiger partial charge in [-0.25, -0.2) is 0 Å². The Kier molecular flexibility index (Phi) is 6.81. The second-order valence-electron chi connectivity index (χ2n) is 8.87. The normalized spacial score (nSPS) is 29.6. The summed E-state index contributed by atoms with van der Waals surface area (Å²) in [6.07, 6.45) is -2.84. The molecule has 3 heterocycles. The van der Waals surface area contributed by atoms with Gasteiger partial charge in [-0.1, -0.05) is 29.8 Å². The van der Waals surface area contributed by atoms with Crippen LogP contribution in [0.4, 0.5) is 0 Å². The average molecular weight is 490 g/mol. The largest absolute Gasteiger partial charge is 0.488 e. The molecular formula is C25H28ClNO7. The summed E-state index contributed by atoms with van der Waals surface area (Å²) in [7, 11) is 0. The van der Waals surface area contributed by atoms with Crippen molar-refractivity contribution in [3.8, 4) is 5.75 Å². The van der Waals surface area contributed by atoms with Gasteiger partial charge in [-0.3, -0.25) is 0 Å². The van der Waals surface area contributed by atoms with Crippen LogP contribution in [-0.4, -0.2) is 75.3 Å². The zero-order chi connectivity index (χ0) is 23.8. The van der Waals surface area contributed by atoms with Crippen LogP contribution in [0, 0.1) is 0 Å². The number of rotatable bonds is 6. The van der Waals surface area contributed by atoms with Gasteiger partial charge >= 0.3 is 0 Å². The standard InChI is InChI=1S/C25H28ClNO7/c26-16-3-6-19-15(9-14-1-4-17(5-2-14)33-18-7-8-32-13-18)11-27(20(19)10-16)25-24(31)23(30)22(29)21(12-28)34-25/h1-6,10-11,18,21-25,28-31H,7-9,12-13H2/t18?,21-,22-,23+,24-,25-/m1/s1. The Morgan fingerprint density at radius 1 is 1.03 bits per heavy atom. The Bertz CT molecular complexity index is 1130. The number of aliphatic hydroxyl groups excluding tert-OH is 4. The molecule has 1 unspecified atom stereocenters. The van der Waals surface area contributed by atoms with E-state index in [1.165, 1.54) is 0 Å². The number of ether oxygens (including phenoxy) is 3. The van der Waals surface area contributed by atoms with E-state index < -0.39 is 37.3 Å². The average Bonchev–Trinajstić information content (AvgIpc) is 3.47. The molecule has 2 aliphatic rings. The Hall–Kier alpha value is -2.17. The van der Waals surface area contributed by atoms with Crippen molar-refractivity contribution in [2.45, 2.75) is 49.6 Å². The highest BCUT2D eigenvalue weighted by Crippen LogP contribution is 2.35. The summed E-state index contributed by atoms with van der Waals surface area (Å²) < 4.78 is 18.8. The molecule has 8 nitrogen and oxygen atoms in total. The van der Waals surface area contributed by atoms with Crippen LogP contribution in [0.2, 0.25) is 5.02 Å². The van der Waals surface area contributed by atoms with E-state index in [1.807, 2.05) is 36.5 Å². The van der Waals surface area contributed by atoms with E-state index in [1.54, 1.807) is 16.7 Å². The lowest BCUT2D eigenvalue weighted by atomic mass is 9.98. The molecule has 0 aliphatic carbocycles. The number of benzene rings is 2. The minimum Gasteiger partial charge on any atom is -0.488 e. The number of nitrogens with zero attached hydrogens (tertiary/aromatic N) is 1. The molecule has 2 aromatic carbocycles. The van der Waals surface area contributed by atoms with Crippen molar-refractivity contribution in [2.24, 2.45) is 0 Å². The lowest BCUT2D eigenvalue weighted by Gasteiger charge is -2.40. The van der Waals surface area contributed by atoms with E-state index in [4.69, 9.17) is 25.8 Å². The highest BCUT2D eigenvalue weighted by atomic mass is 35.5. The van der Waals surface area contributed by atoms with Crippen LogP contribution in [0.1, 0.15) is 23.8 Å². The highest BCUT2D eigenvalue weighted by molar-refractivity contribution is 6.31. The Balaban J connectivity index is 1.43. The van der Waals surface area contributed by atoms with Crippen molar-refractivity contribution in [1.82, 2.24) is 4.57 Å². The third-order valence-corrected chi connectivity index (χ3v) is 6.76. The maximum Gasteiger partial charge on any atom is 0.163 e. The van der Waals surface area contributed by atoms with Gasteiger partial charge in [0.2, 0.25) is 0 Å². The molecule has 6 atom stereocenters. The van der Waals surface area contributed by atoms with Gasteiger partial charge in [0.05, 0.1) is 25.3 Å². The molecule has 3 aromatic rings. The lowest BCUT2D eigenvalue weighted by molar-refractivity contribution is -0.250. The van der Waals surface area contributed by atoms with Crippen molar-refractivity contribution < 1.29 is 34.6 Å². The fourth-order valence-corrected chi connectivity index (χ4v) is 4.83. The number of hydrogen-bond acceptors (Lipinski definition) is 7. The van der Waals surface area contributed by atoms with Gasteiger partial charge in [-0.15, -0.1) is 0 Å². The van der Waals surface area contributed by atoms with Gasteiger partial charge in [0.25, 0.3) is 0 Å². The zero-order valence-electron chi connectivity index (χ0n) is 18.5. The van der Waals surface area contributed by atoms with Gasteiger partial charge in [0, 0.05) is 23.0 Å². The van der Waals surface area contributed by atoms with Crippen LogP contribution in [0.5, 0.6) is 5.75 Å². The first-order valence-corrected chi connectivity index (χ1v) is 11.7. The van der Waals surface area contributed by atoms with Gasteiger partial charge in [0.1, 0.15) is 36.3 Å². The van der Waals surface area contributed by atoms with E-state index >= 15 is 0 Å². The Labute approximate surface area is 201 Å². The molecule has 0 amide bonds. The molecule has 2 aliphatic heterocycles. The van der Waals surface area contributed by atoms with E-state index in [0.29, 0.717) is 23.6 Å². The summed E-state index contributed by atoms with van der Waals surface area (Å²) in [5.74, 6) is 0.801. The fraction of sp³-hybridized carbons (Fsp3) is 0.440. The van der Waals surface area contributed by atoms with Crippen molar-refractivity contribution in [3.63, 3.8) is 0 Å². The molecular weight excluding hydrogens is 462 g/mol. The fourth-order valence-electron chi connectivity index (χ4n) is 4.66. The first kappa shape index (κ1) is 23.6. The summed E-state index contributed by atoms with van der Waals surface area (Å²) >= 11 is 6.26. The molecule has 2 fully saturated rings. The number of hydrogen-bond donors (Lipinski definition) is 4. The second-order valence-corrected chi connectivity index (χ2v) is 9.30. The van der Waals surface area contributed by atoms with Crippen LogP contribution in [-0.2, 0) is 15.9 Å². The van der Waals surface area contributed by atoms with Crippen LogP contribution in [0.15, 0.2) is 48.7 Å². The number of halogens is 1. The molecule has 1 aromatic heterocycles. The van der Waals surface area contributed by atoms with Crippen molar-refractivity contribution in [3.05, 3.63) is 64.8 Å². The van der Waals surface area contributed by atoms with Gasteiger partial charge < -0.3 is 39.2 Å². The molecule has 5 rings (SSSR count). The number of fused-ring (bicyclic) bond motifs is 1. The van der Waals surface area contributed by atoms with E-state index in [-0.39, 0.29) is 6.10 Å². The first-order valence-electron chi connectivity index (χ1n) is 11.4. The van der Waals surface area contributed by atoms with Gasteiger partial charge in [0.15, 0.2) is 6.23 Å². The number of aliphatic hydroxyl groups is 4. The summed E-state index contributed by atoms with van der Waals surface area (Å²) in [6, 6.07) is 13.4. The molecule has 34 heavy (non-hydrogen) atoms. The molecule has 0 radical (unpaired) electrons. The predicted molar refractivity (Wildman–Crippen MR) is 125 cm³/mol. The van der Waals surface area contributed by atoms with Crippen molar-refractivity contribution >= 4 is 22.5 Å². The van der Waals surface area contributed by atoms with Crippen LogP contribution >= 0.6 is 11.6 Å². The van der Waals surface area contributed by atoms with Crippen LogP contribution in [0.25, 0.3) is 10.9 Å². The molecule has 182 valence electrons. The predicted octanol–water partition coefficient (Wildman–Crippen LogP) is 2.03. The first-order chi connectivity index (χ1) is 16.4. The monoisotopic (exact) mass is 489 g/mol. The second kappa shape index (κ2) is 9.83. The molecule has 0 spiro atoms. The topological polar surface area (TPSA) is 114 Å². The van der Waals surface area contributed by atoms with Gasteiger partial charge in [-0.2, -0.15) is 0 Å². The van der Waals surface area contributed by atoms with E-state index in [2.05, 4.69) is 0 Å². The molecule has 4 N–H and O–H groups in total. The van der Waals surface area contributed by atoms with Crippen LogP contribution in [0.3, 0.4) is 0 Å². The lowest BCUT2D eigenvalue weighted by Crippen LogP contribution is -2.56. The summed E-state index contributed by atoms with van der Waals surface area (Å²) in [5, 5.41) is 42.1. The minimum atomic E-state index is -1.46. The van der Waals surface area contributed by atoms with E-state index in [0.717, 1.165) is 35.3 Å². The quantitative estimate of drug-likeness (QED) is 0.419. The smallest absolute Gasteiger partial charge is 0.163 e. The highest BCUT2D eigenvalue weighted by Gasteiger charge is 2.44. The maximum absolute atomic E-state index is 10.7. The Morgan fingerprint density at radius 3 is 2.53 bits per heavy atom. The molecule has 0 saturated carbocycles. The molecule has 2 saturated heterocycles. The van der Waals surface area contributed by atoms with E-state index in [9.17, 15) is 20.4 Å². The number of aromatic nitrogens is 1. The van der Waals surface area contributed by atoms with Crippen LogP contribution < -0.4 is 4.74 Å². The van der Waals surface area contributed by atoms with Gasteiger partial charge in [-0.05, 0) is 41.8 Å². The molecule has 9 heteroatoms. The summed E-state index contributed by atoms with van der Waals surface area (Å²) in [4.78, 5) is 0. The van der Waals surface area contributed by atoms with Crippen molar-refractivity contribution in [1.29, 1.82) is 0 Å². The zero-order valence-corrected chi connectivity index (χ0v) is 19.2. The summed E-state index contributed by atoms with van der Waals surface area (Å²) in [5.41, 5.74) is 2.76. The maximum atomic E-state index is 10.7. The van der Waals surface area contributed by atoms with Crippen molar-refractivity contribution in [2.75, 3.05) is 19.8 Å². The Morgan fingerprint density at radius 2 is 1.82 bits per heavy atom. The molecule has 0 bridgehead atoms. The SMILES string of the molecule is OC[C@H]1O[C@@H](n2cc(Cc3ccc(OC4CCOC4)cc3)c3ccc(Cl)cc32)[C@H](O)[C@@H](O)[C@@H]1O.